The number of rotatable bonds is 3. The highest BCUT2D eigenvalue weighted by atomic mass is 15.2. The van der Waals surface area contributed by atoms with Crippen molar-refractivity contribution in [3.8, 4) is 0 Å². The largest absolute Gasteiger partial charge is 0.370 e. The topological polar surface area (TPSA) is 43.8 Å². The van der Waals surface area contributed by atoms with E-state index in [1.165, 1.54) is 16.9 Å². The lowest BCUT2D eigenvalue weighted by Crippen LogP contribution is -2.44. The standard InChI is InChI=1S/C17H25N5/c1-13-4-7-18-12-17(13)21(3)15-5-8-22(9-6-15)16-10-19-14(2)20-11-16/h4,7,10-12,14-15,19H,5-6,8-9H2,1-3H3. The molecule has 2 aliphatic rings. The second-order valence-electron chi connectivity index (χ2n) is 6.18. The fourth-order valence-corrected chi connectivity index (χ4v) is 3.18. The van der Waals surface area contributed by atoms with Gasteiger partial charge < -0.3 is 15.1 Å². The summed E-state index contributed by atoms with van der Waals surface area (Å²) in [4.78, 5) is 13.5. The van der Waals surface area contributed by atoms with Crippen molar-refractivity contribution in [1.82, 2.24) is 15.2 Å². The van der Waals surface area contributed by atoms with Crippen molar-refractivity contribution in [3.05, 3.63) is 35.9 Å². The summed E-state index contributed by atoms with van der Waals surface area (Å²) in [6.45, 7) is 6.35. The molecule has 0 amide bonds. The van der Waals surface area contributed by atoms with Gasteiger partial charge in [-0.1, -0.05) is 0 Å². The predicted octanol–water partition coefficient (Wildman–Crippen LogP) is 2.15. The Labute approximate surface area is 132 Å². The molecular formula is C17H25N5. The van der Waals surface area contributed by atoms with E-state index in [0.717, 1.165) is 25.9 Å². The van der Waals surface area contributed by atoms with Crippen LogP contribution in [0.1, 0.15) is 25.3 Å². The van der Waals surface area contributed by atoms with E-state index in [1.54, 1.807) is 0 Å². The monoisotopic (exact) mass is 299 g/mol. The lowest BCUT2D eigenvalue weighted by Gasteiger charge is -2.39. The van der Waals surface area contributed by atoms with Crippen LogP contribution in [0.25, 0.3) is 0 Å². The molecule has 0 aliphatic carbocycles. The average Bonchev–Trinajstić information content (AvgIpc) is 2.56. The van der Waals surface area contributed by atoms with Gasteiger partial charge in [0.1, 0.15) is 6.17 Å². The number of hydrogen-bond donors (Lipinski definition) is 1. The van der Waals surface area contributed by atoms with Crippen molar-refractivity contribution in [3.63, 3.8) is 0 Å². The fourth-order valence-electron chi connectivity index (χ4n) is 3.18. The van der Waals surface area contributed by atoms with Crippen molar-refractivity contribution in [1.29, 1.82) is 0 Å². The molecule has 0 aromatic carbocycles. The van der Waals surface area contributed by atoms with Gasteiger partial charge in [0.15, 0.2) is 0 Å². The third kappa shape index (κ3) is 3.08. The molecule has 1 aromatic heterocycles. The van der Waals surface area contributed by atoms with Crippen molar-refractivity contribution in [2.75, 3.05) is 25.0 Å². The second kappa shape index (κ2) is 6.38. The van der Waals surface area contributed by atoms with Gasteiger partial charge >= 0.3 is 0 Å². The van der Waals surface area contributed by atoms with Gasteiger partial charge in [-0.2, -0.15) is 0 Å². The number of piperidine rings is 1. The molecule has 2 aliphatic heterocycles. The molecule has 22 heavy (non-hydrogen) atoms. The van der Waals surface area contributed by atoms with Crippen LogP contribution >= 0.6 is 0 Å². The van der Waals surface area contributed by atoms with Crippen LogP contribution in [0, 0.1) is 6.92 Å². The zero-order chi connectivity index (χ0) is 15.5. The number of aromatic nitrogens is 1. The van der Waals surface area contributed by atoms with Crippen LogP contribution in [-0.2, 0) is 0 Å². The number of nitrogens with one attached hydrogen (secondary N) is 1. The van der Waals surface area contributed by atoms with E-state index < -0.39 is 0 Å². The molecule has 118 valence electrons. The van der Waals surface area contributed by atoms with Crippen LogP contribution in [0.4, 0.5) is 5.69 Å². The molecule has 0 saturated carbocycles. The van der Waals surface area contributed by atoms with Gasteiger partial charge in [0.25, 0.3) is 0 Å². The van der Waals surface area contributed by atoms with Crippen LogP contribution in [0.3, 0.4) is 0 Å². The third-order valence-corrected chi connectivity index (χ3v) is 4.67. The molecular weight excluding hydrogens is 274 g/mol. The molecule has 5 nitrogen and oxygen atoms in total. The summed E-state index contributed by atoms with van der Waals surface area (Å²) in [6, 6.07) is 2.66. The molecule has 1 saturated heterocycles. The summed E-state index contributed by atoms with van der Waals surface area (Å²) in [5.41, 5.74) is 3.74. The molecule has 1 N–H and O–H groups in total. The maximum absolute atomic E-state index is 4.44. The Balaban J connectivity index is 1.60. The summed E-state index contributed by atoms with van der Waals surface area (Å²) >= 11 is 0. The zero-order valence-electron chi connectivity index (χ0n) is 13.7. The number of nitrogens with zero attached hydrogens (tertiary/aromatic N) is 4. The van der Waals surface area contributed by atoms with Crippen LogP contribution in [-0.4, -0.2) is 48.4 Å². The summed E-state index contributed by atoms with van der Waals surface area (Å²) < 4.78 is 0. The number of likely N-dealkylation sites (tertiary alicyclic amines) is 1. The van der Waals surface area contributed by atoms with Crippen molar-refractivity contribution >= 4 is 11.9 Å². The van der Waals surface area contributed by atoms with Crippen molar-refractivity contribution < 1.29 is 0 Å². The van der Waals surface area contributed by atoms with Gasteiger partial charge in [0.05, 0.1) is 17.6 Å². The maximum atomic E-state index is 4.44. The van der Waals surface area contributed by atoms with Gasteiger partial charge in [-0.05, 0) is 38.3 Å². The normalized spacial score (nSPS) is 22.2. The van der Waals surface area contributed by atoms with Crippen LogP contribution in [0.15, 0.2) is 35.3 Å². The van der Waals surface area contributed by atoms with E-state index in [9.17, 15) is 0 Å². The lowest BCUT2D eigenvalue weighted by atomic mass is 10.0. The molecule has 0 bridgehead atoms. The van der Waals surface area contributed by atoms with Crippen LogP contribution in [0.2, 0.25) is 0 Å². The summed E-state index contributed by atoms with van der Waals surface area (Å²) in [5.74, 6) is 0. The second-order valence-corrected chi connectivity index (χ2v) is 6.18. The molecule has 3 heterocycles. The van der Waals surface area contributed by atoms with E-state index in [2.05, 4.69) is 58.3 Å². The van der Waals surface area contributed by atoms with Crippen LogP contribution in [0.5, 0.6) is 0 Å². The first-order valence-electron chi connectivity index (χ1n) is 8.03. The van der Waals surface area contributed by atoms with Crippen molar-refractivity contribution in [2.45, 2.75) is 38.9 Å². The number of hydrogen-bond acceptors (Lipinski definition) is 5. The van der Waals surface area contributed by atoms with Gasteiger partial charge in [-0.15, -0.1) is 0 Å². The number of pyridine rings is 1. The molecule has 0 radical (unpaired) electrons. The minimum absolute atomic E-state index is 0.195. The Hall–Kier alpha value is -2.04. The lowest BCUT2D eigenvalue weighted by molar-refractivity contribution is 0.269. The zero-order valence-corrected chi connectivity index (χ0v) is 13.7. The summed E-state index contributed by atoms with van der Waals surface area (Å²) in [7, 11) is 2.19. The van der Waals surface area contributed by atoms with Gasteiger partial charge in [-0.25, -0.2) is 0 Å². The minimum atomic E-state index is 0.195. The smallest absolute Gasteiger partial charge is 0.115 e. The maximum Gasteiger partial charge on any atom is 0.115 e. The Bertz CT molecular complexity index is 572. The molecule has 5 heteroatoms. The predicted molar refractivity (Wildman–Crippen MR) is 91.1 cm³/mol. The van der Waals surface area contributed by atoms with Gasteiger partial charge in [0.2, 0.25) is 0 Å². The van der Waals surface area contributed by atoms with Gasteiger partial charge in [-0.3, -0.25) is 9.98 Å². The van der Waals surface area contributed by atoms with E-state index in [-0.39, 0.29) is 6.17 Å². The molecule has 1 aromatic rings. The first-order chi connectivity index (χ1) is 10.6. The number of aliphatic imine (C=N–C) groups is 1. The van der Waals surface area contributed by atoms with Crippen LogP contribution < -0.4 is 10.2 Å². The third-order valence-electron chi connectivity index (χ3n) is 4.67. The van der Waals surface area contributed by atoms with Crippen molar-refractivity contribution in [2.24, 2.45) is 4.99 Å². The first kappa shape index (κ1) is 14.9. The van der Waals surface area contributed by atoms with Gasteiger partial charge in [0, 0.05) is 44.8 Å². The minimum Gasteiger partial charge on any atom is -0.370 e. The van der Waals surface area contributed by atoms with E-state index in [0.29, 0.717) is 6.04 Å². The van der Waals surface area contributed by atoms with E-state index in [1.807, 2.05) is 18.6 Å². The number of anilines is 1. The highest BCUT2D eigenvalue weighted by molar-refractivity contribution is 5.78. The number of allylic oxidation sites excluding steroid dienone is 1. The van der Waals surface area contributed by atoms with E-state index >= 15 is 0 Å². The molecule has 1 fully saturated rings. The highest BCUT2D eigenvalue weighted by Gasteiger charge is 2.24. The fraction of sp³-hybridized carbons (Fsp3) is 0.529. The average molecular weight is 299 g/mol. The SMILES string of the molecule is Cc1ccncc1N(C)C1CCN(C2=CNC(C)N=C2)CC1. The first-order valence-corrected chi connectivity index (χ1v) is 8.03. The quantitative estimate of drug-likeness (QED) is 0.929. The molecule has 3 rings (SSSR count). The van der Waals surface area contributed by atoms with E-state index in [4.69, 9.17) is 0 Å². The summed E-state index contributed by atoms with van der Waals surface area (Å²) in [6.07, 6.45) is 10.4. The Morgan fingerprint density at radius 1 is 1.32 bits per heavy atom. The highest BCUT2D eigenvalue weighted by Crippen LogP contribution is 2.25. The Morgan fingerprint density at radius 3 is 2.73 bits per heavy atom. The molecule has 1 unspecified atom stereocenters. The summed E-state index contributed by atoms with van der Waals surface area (Å²) in [5, 5.41) is 3.28. The molecule has 0 spiro atoms. The molecule has 1 atom stereocenters. The Kier molecular flexibility index (Phi) is 4.32. The Morgan fingerprint density at radius 2 is 2.09 bits per heavy atom. The number of aryl methyl sites for hydroxylation is 1.